The van der Waals surface area contributed by atoms with Crippen molar-refractivity contribution in [2.24, 2.45) is 4.99 Å². The molecule has 0 aromatic heterocycles. The normalized spacial score (nSPS) is 20.5. The average molecular weight is 566 g/mol. The first kappa shape index (κ1) is 27.2. The Kier molecular flexibility index (Phi) is 11.1. The van der Waals surface area contributed by atoms with Crippen molar-refractivity contribution in [3.8, 4) is 0 Å². The maximum atomic E-state index is 14.4. The third-order valence-electron chi connectivity index (χ3n) is 6.45. The molecule has 1 aromatic carbocycles. The highest BCUT2D eigenvalue weighted by Crippen LogP contribution is 2.28. The maximum Gasteiger partial charge on any atom is 0.194 e. The molecule has 1 aromatic rings. The Morgan fingerprint density at radius 3 is 2.44 bits per heavy atom. The van der Waals surface area contributed by atoms with Crippen LogP contribution in [0.4, 0.5) is 8.78 Å². The standard InChI is InChI=1S/C23H36F2N4O2.HI/c1-4-21(19-7-6-18(24)16-20(19)25)28-10-12-29(13-11-28)22(26-5-2)27-17-23(30-3)8-14-31-15-9-23;/h6-7,16,21H,4-5,8-15,17H2,1-3H3,(H,26,27);1H. The van der Waals surface area contributed by atoms with Crippen molar-refractivity contribution in [1.82, 2.24) is 15.1 Å². The van der Waals surface area contributed by atoms with Gasteiger partial charge in [-0.05, 0) is 19.4 Å². The molecule has 182 valence electrons. The smallest absolute Gasteiger partial charge is 0.194 e. The van der Waals surface area contributed by atoms with Crippen LogP contribution in [0.15, 0.2) is 23.2 Å². The van der Waals surface area contributed by atoms with Gasteiger partial charge in [0.15, 0.2) is 5.96 Å². The molecule has 0 spiro atoms. The highest BCUT2D eigenvalue weighted by Gasteiger charge is 2.33. The van der Waals surface area contributed by atoms with Crippen molar-refractivity contribution in [2.45, 2.75) is 44.8 Å². The van der Waals surface area contributed by atoms with Gasteiger partial charge in [-0.1, -0.05) is 13.0 Å². The number of ether oxygens (including phenoxy) is 2. The van der Waals surface area contributed by atoms with Gasteiger partial charge in [-0.25, -0.2) is 8.78 Å². The largest absolute Gasteiger partial charge is 0.381 e. The molecule has 2 fully saturated rings. The Balaban J connectivity index is 0.00000363. The highest BCUT2D eigenvalue weighted by molar-refractivity contribution is 14.0. The predicted octanol–water partition coefficient (Wildman–Crippen LogP) is 3.81. The fourth-order valence-electron chi connectivity index (χ4n) is 4.51. The van der Waals surface area contributed by atoms with Crippen molar-refractivity contribution in [3.05, 3.63) is 35.4 Å². The number of nitrogens with zero attached hydrogens (tertiary/aromatic N) is 3. The van der Waals surface area contributed by atoms with Crippen LogP contribution in [-0.2, 0) is 9.47 Å². The summed E-state index contributed by atoms with van der Waals surface area (Å²) in [5, 5.41) is 3.41. The summed E-state index contributed by atoms with van der Waals surface area (Å²) in [6.45, 7) is 10.1. The molecule has 1 N–H and O–H groups in total. The molecule has 2 aliphatic rings. The molecule has 3 rings (SSSR count). The second-order valence-corrected chi connectivity index (χ2v) is 8.28. The average Bonchev–Trinajstić information content (AvgIpc) is 2.79. The zero-order valence-electron chi connectivity index (χ0n) is 19.4. The Morgan fingerprint density at radius 1 is 1.19 bits per heavy atom. The van der Waals surface area contributed by atoms with Gasteiger partial charge in [0.1, 0.15) is 11.6 Å². The lowest BCUT2D eigenvalue weighted by Crippen LogP contribution is -2.53. The van der Waals surface area contributed by atoms with Crippen molar-refractivity contribution in [1.29, 1.82) is 0 Å². The topological polar surface area (TPSA) is 49.3 Å². The first-order valence-electron chi connectivity index (χ1n) is 11.4. The molecule has 32 heavy (non-hydrogen) atoms. The third-order valence-corrected chi connectivity index (χ3v) is 6.45. The van der Waals surface area contributed by atoms with Crippen molar-refractivity contribution >= 4 is 29.9 Å². The van der Waals surface area contributed by atoms with Crippen LogP contribution in [0.2, 0.25) is 0 Å². The zero-order valence-corrected chi connectivity index (χ0v) is 21.7. The summed E-state index contributed by atoms with van der Waals surface area (Å²) in [5.41, 5.74) is 0.313. The second kappa shape index (κ2) is 13.0. The first-order valence-corrected chi connectivity index (χ1v) is 11.4. The van der Waals surface area contributed by atoms with E-state index in [1.54, 1.807) is 13.2 Å². The molecule has 0 saturated carbocycles. The van der Waals surface area contributed by atoms with E-state index in [1.807, 2.05) is 6.92 Å². The van der Waals surface area contributed by atoms with Crippen molar-refractivity contribution < 1.29 is 18.3 Å². The Labute approximate surface area is 207 Å². The molecular weight excluding hydrogens is 529 g/mol. The minimum absolute atomic E-state index is 0. The number of methoxy groups -OCH3 is 1. The Hall–Kier alpha value is -1.04. The van der Waals surface area contributed by atoms with Crippen LogP contribution in [0, 0.1) is 11.6 Å². The van der Waals surface area contributed by atoms with Crippen LogP contribution >= 0.6 is 24.0 Å². The van der Waals surface area contributed by atoms with Gasteiger partial charge in [0.05, 0.1) is 12.1 Å². The number of benzene rings is 1. The summed E-state index contributed by atoms with van der Waals surface area (Å²) in [6.07, 6.45) is 2.47. The van der Waals surface area contributed by atoms with Gasteiger partial charge in [0.25, 0.3) is 0 Å². The van der Waals surface area contributed by atoms with E-state index in [2.05, 4.69) is 22.0 Å². The van der Waals surface area contributed by atoms with Gasteiger partial charge in [-0.3, -0.25) is 9.89 Å². The number of guanidine groups is 1. The van der Waals surface area contributed by atoms with Crippen LogP contribution in [-0.4, -0.2) is 81.0 Å². The van der Waals surface area contributed by atoms with E-state index in [-0.39, 0.29) is 35.6 Å². The number of rotatable bonds is 7. The molecule has 0 radical (unpaired) electrons. The Bertz CT molecular complexity index is 739. The van der Waals surface area contributed by atoms with Crippen LogP contribution in [0.25, 0.3) is 0 Å². The fourth-order valence-corrected chi connectivity index (χ4v) is 4.51. The molecule has 0 aliphatic carbocycles. The lowest BCUT2D eigenvalue weighted by atomic mass is 9.94. The predicted molar refractivity (Wildman–Crippen MR) is 134 cm³/mol. The van der Waals surface area contributed by atoms with E-state index < -0.39 is 11.6 Å². The molecule has 9 heteroatoms. The molecule has 0 bridgehead atoms. The summed E-state index contributed by atoms with van der Waals surface area (Å²) in [6, 6.07) is 3.84. The van der Waals surface area contributed by atoms with Crippen molar-refractivity contribution in [3.63, 3.8) is 0 Å². The maximum absolute atomic E-state index is 14.4. The summed E-state index contributed by atoms with van der Waals surface area (Å²) >= 11 is 0. The van der Waals surface area contributed by atoms with Crippen molar-refractivity contribution in [2.75, 3.05) is 59.6 Å². The number of hydrogen-bond donors (Lipinski definition) is 1. The van der Waals surface area contributed by atoms with Gasteiger partial charge < -0.3 is 19.7 Å². The number of nitrogens with one attached hydrogen (secondary N) is 1. The third kappa shape index (κ3) is 6.74. The summed E-state index contributed by atoms with van der Waals surface area (Å²) in [7, 11) is 1.76. The number of piperazine rings is 1. The zero-order chi connectivity index (χ0) is 22.3. The number of hydrogen-bond acceptors (Lipinski definition) is 4. The van der Waals surface area contributed by atoms with Crippen LogP contribution in [0.5, 0.6) is 0 Å². The van der Waals surface area contributed by atoms with Gasteiger partial charge in [-0.15, -0.1) is 24.0 Å². The monoisotopic (exact) mass is 566 g/mol. The second-order valence-electron chi connectivity index (χ2n) is 8.28. The van der Waals surface area contributed by atoms with E-state index in [4.69, 9.17) is 14.5 Å². The quantitative estimate of drug-likeness (QED) is 0.309. The lowest BCUT2D eigenvalue weighted by molar-refractivity contribution is -0.0829. The molecule has 2 aliphatic heterocycles. The van der Waals surface area contributed by atoms with E-state index >= 15 is 0 Å². The van der Waals surface area contributed by atoms with Crippen LogP contribution in [0.1, 0.15) is 44.7 Å². The highest BCUT2D eigenvalue weighted by atomic mass is 127. The lowest BCUT2D eigenvalue weighted by Gasteiger charge is -2.41. The summed E-state index contributed by atoms with van der Waals surface area (Å²) in [4.78, 5) is 9.45. The van der Waals surface area contributed by atoms with Gasteiger partial charge in [0, 0.05) is 83.6 Å². The van der Waals surface area contributed by atoms with E-state index in [0.29, 0.717) is 25.3 Å². The fraction of sp³-hybridized carbons (Fsp3) is 0.696. The Morgan fingerprint density at radius 2 is 1.88 bits per heavy atom. The molecule has 2 saturated heterocycles. The molecule has 2 heterocycles. The van der Waals surface area contributed by atoms with Crippen LogP contribution < -0.4 is 5.32 Å². The minimum Gasteiger partial charge on any atom is -0.381 e. The molecule has 0 amide bonds. The first-order chi connectivity index (χ1) is 15.0. The van der Waals surface area contributed by atoms with Gasteiger partial charge in [0.2, 0.25) is 0 Å². The molecule has 1 unspecified atom stereocenters. The number of halogens is 3. The minimum atomic E-state index is -0.536. The van der Waals surface area contributed by atoms with E-state index in [9.17, 15) is 8.78 Å². The molecule has 1 atom stereocenters. The molecule has 6 nitrogen and oxygen atoms in total. The summed E-state index contributed by atoms with van der Waals surface area (Å²) in [5.74, 6) is -0.109. The van der Waals surface area contributed by atoms with Gasteiger partial charge in [-0.2, -0.15) is 0 Å². The SMILES string of the molecule is CCNC(=NCC1(OC)CCOCC1)N1CCN(C(CC)c2ccc(F)cc2F)CC1.I. The van der Waals surface area contributed by atoms with E-state index in [1.165, 1.54) is 6.07 Å². The van der Waals surface area contributed by atoms with E-state index in [0.717, 1.165) is 64.0 Å². The van der Waals surface area contributed by atoms with Crippen LogP contribution in [0.3, 0.4) is 0 Å². The van der Waals surface area contributed by atoms with Gasteiger partial charge >= 0.3 is 0 Å². The number of aliphatic imine (C=N–C) groups is 1. The molecular formula is C23H37F2IN4O2. The summed E-state index contributed by atoms with van der Waals surface area (Å²) < 4.78 is 39.0.